The summed E-state index contributed by atoms with van der Waals surface area (Å²) in [5, 5.41) is 1.98. The van der Waals surface area contributed by atoms with Crippen LogP contribution in [0.5, 0.6) is 0 Å². The molecule has 0 aliphatic rings. The summed E-state index contributed by atoms with van der Waals surface area (Å²) in [5.74, 6) is -0.244. The minimum absolute atomic E-state index is 0.244. The molecule has 0 fully saturated rings. The number of hydrogen-bond acceptors (Lipinski definition) is 3. The van der Waals surface area contributed by atoms with Crippen LogP contribution in [0.25, 0.3) is 0 Å². The van der Waals surface area contributed by atoms with Crippen LogP contribution < -0.4 is 5.32 Å². The van der Waals surface area contributed by atoms with Gasteiger partial charge in [0.25, 0.3) is 0 Å². The van der Waals surface area contributed by atoms with Crippen LogP contribution >= 0.6 is 34.8 Å². The number of methoxy groups -OCH3 is 1. The van der Waals surface area contributed by atoms with Crippen LogP contribution in [0.15, 0.2) is 36.3 Å². The molecule has 0 bridgehead atoms. The highest BCUT2D eigenvalue weighted by Crippen LogP contribution is 2.27. The summed E-state index contributed by atoms with van der Waals surface area (Å²) < 4.78 is 44.5. The fourth-order valence-corrected chi connectivity index (χ4v) is 1.01. The summed E-state index contributed by atoms with van der Waals surface area (Å²) >= 11 is 16.1. The number of allylic oxidation sites excluding steroid dienone is 2. The fourth-order valence-electron chi connectivity index (χ4n) is 0.846. The molecule has 0 aromatic heterocycles. The van der Waals surface area contributed by atoms with Crippen molar-refractivity contribution in [2.45, 2.75) is 9.97 Å². The Morgan fingerprint density at radius 2 is 1.81 bits per heavy atom. The van der Waals surface area contributed by atoms with Crippen molar-refractivity contribution in [3.8, 4) is 0 Å². The van der Waals surface area contributed by atoms with Gasteiger partial charge in [-0.05, 0) is 6.08 Å². The fraction of sp³-hybridized carbons (Fsp3) is 0.364. The molecule has 4 nitrogen and oxygen atoms in total. The largest absolute Gasteiger partial charge is 0.495 e. The van der Waals surface area contributed by atoms with Gasteiger partial charge in [-0.25, -0.2) is 4.79 Å². The van der Waals surface area contributed by atoms with Crippen molar-refractivity contribution in [1.82, 2.24) is 5.32 Å². The van der Waals surface area contributed by atoms with E-state index in [2.05, 4.69) is 22.6 Å². The first kappa shape index (κ1) is 19.9. The van der Waals surface area contributed by atoms with Crippen molar-refractivity contribution in [3.63, 3.8) is 0 Å². The lowest BCUT2D eigenvalue weighted by atomic mass is 10.2. The number of carbonyl (C=O) groups is 1. The van der Waals surface area contributed by atoms with Gasteiger partial charge in [0.2, 0.25) is 3.79 Å². The van der Waals surface area contributed by atoms with Crippen LogP contribution in [-0.4, -0.2) is 29.8 Å². The minimum atomic E-state index is -4.68. The van der Waals surface area contributed by atoms with E-state index in [4.69, 9.17) is 34.8 Å². The number of ether oxygens (including phenoxy) is 2. The molecular weight excluding hydrogens is 357 g/mol. The number of amides is 1. The van der Waals surface area contributed by atoms with Crippen LogP contribution in [0.1, 0.15) is 0 Å². The van der Waals surface area contributed by atoms with Gasteiger partial charge in [-0.3, -0.25) is 5.32 Å². The topological polar surface area (TPSA) is 47.6 Å². The highest BCUT2D eigenvalue weighted by molar-refractivity contribution is 6.67. The average Bonchev–Trinajstić information content (AvgIpc) is 2.32. The molecule has 1 amide bonds. The van der Waals surface area contributed by atoms with E-state index in [1.54, 1.807) is 0 Å². The Bertz CT molecular complexity index is 456. The normalized spacial score (nSPS) is 12.6. The molecule has 0 aromatic rings. The summed E-state index contributed by atoms with van der Waals surface area (Å²) in [7, 11) is 1.15. The van der Waals surface area contributed by atoms with Gasteiger partial charge in [0, 0.05) is 0 Å². The summed E-state index contributed by atoms with van der Waals surface area (Å²) in [6, 6.07) is 0. The number of carbonyl (C=O) groups excluding carboxylic acids is 1. The first-order valence-electron chi connectivity index (χ1n) is 5.08. The van der Waals surface area contributed by atoms with Gasteiger partial charge in [0.1, 0.15) is 12.4 Å². The van der Waals surface area contributed by atoms with E-state index in [0.717, 1.165) is 7.11 Å². The molecule has 0 unspecified atom stereocenters. The van der Waals surface area contributed by atoms with E-state index >= 15 is 0 Å². The first-order valence-corrected chi connectivity index (χ1v) is 6.22. The Morgan fingerprint density at radius 3 is 2.19 bits per heavy atom. The third-order valence-corrected chi connectivity index (χ3v) is 2.16. The van der Waals surface area contributed by atoms with Gasteiger partial charge >= 0.3 is 12.3 Å². The van der Waals surface area contributed by atoms with Gasteiger partial charge in [0.15, 0.2) is 0 Å². The highest BCUT2D eigenvalue weighted by Gasteiger charge is 2.31. The van der Waals surface area contributed by atoms with Crippen LogP contribution in [-0.2, 0) is 9.47 Å². The molecule has 0 aliphatic carbocycles. The zero-order valence-corrected chi connectivity index (χ0v) is 13.0. The zero-order valence-electron chi connectivity index (χ0n) is 10.7. The van der Waals surface area contributed by atoms with Crippen LogP contribution in [0, 0.1) is 0 Å². The maximum absolute atomic E-state index is 12.4. The predicted molar refractivity (Wildman–Crippen MR) is 74.2 cm³/mol. The molecule has 0 spiro atoms. The quantitative estimate of drug-likeness (QED) is 0.448. The van der Waals surface area contributed by atoms with Crippen molar-refractivity contribution in [1.29, 1.82) is 0 Å². The minimum Gasteiger partial charge on any atom is -0.495 e. The van der Waals surface area contributed by atoms with Crippen LogP contribution in [0.2, 0.25) is 0 Å². The number of rotatable bonds is 5. The molecule has 21 heavy (non-hydrogen) atoms. The van der Waals surface area contributed by atoms with Gasteiger partial charge in [-0.1, -0.05) is 48.0 Å². The number of nitrogens with one attached hydrogen (secondary N) is 1. The third-order valence-electron chi connectivity index (χ3n) is 1.83. The molecule has 0 aliphatic heterocycles. The van der Waals surface area contributed by atoms with Gasteiger partial charge in [-0.15, -0.1) is 0 Å². The lowest BCUT2D eigenvalue weighted by Crippen LogP contribution is -2.28. The monoisotopic (exact) mass is 367 g/mol. The van der Waals surface area contributed by atoms with Gasteiger partial charge in [-0.2, -0.15) is 13.2 Å². The molecule has 120 valence electrons. The van der Waals surface area contributed by atoms with Crippen LogP contribution in [0.4, 0.5) is 18.0 Å². The molecule has 0 aromatic carbocycles. The lowest BCUT2D eigenvalue weighted by Gasteiger charge is -2.15. The molecule has 1 N–H and O–H groups in total. The average molecular weight is 369 g/mol. The van der Waals surface area contributed by atoms with E-state index in [1.165, 1.54) is 0 Å². The van der Waals surface area contributed by atoms with Crippen LogP contribution in [0.3, 0.4) is 0 Å². The predicted octanol–water partition coefficient (Wildman–Crippen LogP) is 4.25. The van der Waals surface area contributed by atoms with Crippen molar-refractivity contribution >= 4 is 40.9 Å². The number of hydrogen-bond donors (Lipinski definition) is 1. The second-order valence-electron chi connectivity index (χ2n) is 3.52. The Morgan fingerprint density at radius 1 is 1.29 bits per heavy atom. The van der Waals surface area contributed by atoms with E-state index in [1.807, 2.05) is 5.32 Å². The molecule has 10 heteroatoms. The molecule has 0 radical (unpaired) electrons. The Labute approximate surface area is 134 Å². The number of alkyl carbamates (subject to hydrolysis) is 1. The molecule has 0 atom stereocenters. The summed E-state index contributed by atoms with van der Waals surface area (Å²) in [4.78, 5) is 11.4. The molecular formula is C11H11Cl3F3NO3. The van der Waals surface area contributed by atoms with Gasteiger partial charge < -0.3 is 9.47 Å². The number of alkyl halides is 6. The SMILES string of the molecule is C=C(OC)/C(=C\C(=C)C(F)(F)F)NC(=O)OCC(Cl)(Cl)Cl. The van der Waals surface area contributed by atoms with Crippen molar-refractivity contribution in [2.75, 3.05) is 13.7 Å². The second kappa shape index (κ2) is 7.82. The second-order valence-corrected chi connectivity index (χ2v) is 6.04. The Kier molecular flexibility index (Phi) is 7.43. The highest BCUT2D eigenvalue weighted by atomic mass is 35.6. The maximum atomic E-state index is 12.4. The lowest BCUT2D eigenvalue weighted by molar-refractivity contribution is -0.0879. The first-order chi connectivity index (χ1) is 9.36. The van der Waals surface area contributed by atoms with Crippen molar-refractivity contribution < 1.29 is 27.4 Å². The Balaban J connectivity index is 4.96. The third kappa shape index (κ3) is 8.75. The summed E-state index contributed by atoms with van der Waals surface area (Å²) in [6.45, 7) is 5.54. The van der Waals surface area contributed by atoms with E-state index in [-0.39, 0.29) is 5.76 Å². The molecule has 0 rings (SSSR count). The van der Waals surface area contributed by atoms with E-state index in [0.29, 0.717) is 6.08 Å². The number of halogens is 6. The maximum Gasteiger partial charge on any atom is 0.415 e. The summed E-state index contributed by atoms with van der Waals surface area (Å²) in [6.07, 6.45) is -5.30. The Hall–Kier alpha value is -1.05. The van der Waals surface area contributed by atoms with Crippen molar-refractivity contribution in [2.24, 2.45) is 0 Å². The molecule has 0 saturated carbocycles. The molecule has 0 saturated heterocycles. The van der Waals surface area contributed by atoms with E-state index in [9.17, 15) is 18.0 Å². The van der Waals surface area contributed by atoms with E-state index < -0.39 is 33.9 Å². The summed E-state index contributed by atoms with van der Waals surface area (Å²) in [5.41, 5.74) is -1.62. The van der Waals surface area contributed by atoms with Crippen molar-refractivity contribution in [3.05, 3.63) is 36.3 Å². The smallest absolute Gasteiger partial charge is 0.415 e. The standard InChI is InChI=1S/C11H11Cl3F3NO3/c1-6(11(15,16)17)4-8(7(2)20-3)18-9(19)21-5-10(12,13)14/h4H,1-2,5H2,3H3,(H,18,19)/b8-4+. The molecule has 0 heterocycles. The zero-order chi connectivity index (χ0) is 16.8. The van der Waals surface area contributed by atoms with Gasteiger partial charge in [0.05, 0.1) is 18.4 Å².